The van der Waals surface area contributed by atoms with E-state index >= 15 is 0 Å². The summed E-state index contributed by atoms with van der Waals surface area (Å²) in [6.07, 6.45) is 3.08. The van der Waals surface area contributed by atoms with E-state index in [1.807, 2.05) is 0 Å². The SMILES string of the molecule is CCN(CC)C1CCN(S(=O)(=O)c2ccc(Cl)nc2)CC1. The molecule has 0 aromatic carbocycles. The molecule has 21 heavy (non-hydrogen) atoms. The van der Waals surface area contributed by atoms with Gasteiger partial charge >= 0.3 is 0 Å². The molecule has 1 saturated heterocycles. The van der Waals surface area contributed by atoms with Gasteiger partial charge in [-0.2, -0.15) is 4.31 Å². The Morgan fingerprint density at radius 1 is 1.29 bits per heavy atom. The van der Waals surface area contributed by atoms with Gasteiger partial charge in [0.05, 0.1) is 0 Å². The summed E-state index contributed by atoms with van der Waals surface area (Å²) < 4.78 is 26.6. The molecule has 1 fully saturated rings. The van der Waals surface area contributed by atoms with Crippen LogP contribution in [0.25, 0.3) is 0 Å². The number of sulfonamides is 1. The van der Waals surface area contributed by atoms with Gasteiger partial charge in [0.1, 0.15) is 10.0 Å². The predicted octanol–water partition coefficient (Wildman–Crippen LogP) is 2.23. The summed E-state index contributed by atoms with van der Waals surface area (Å²) in [5.41, 5.74) is 0. The zero-order valence-corrected chi connectivity index (χ0v) is 14.1. The van der Waals surface area contributed by atoms with E-state index in [0.29, 0.717) is 24.3 Å². The average molecular weight is 332 g/mol. The normalized spacial score (nSPS) is 18.3. The zero-order chi connectivity index (χ0) is 15.5. The number of halogens is 1. The monoisotopic (exact) mass is 331 g/mol. The molecule has 0 unspecified atom stereocenters. The molecule has 0 radical (unpaired) electrons. The lowest BCUT2D eigenvalue weighted by molar-refractivity contribution is 0.152. The van der Waals surface area contributed by atoms with Gasteiger partial charge in [-0.1, -0.05) is 25.4 Å². The van der Waals surface area contributed by atoms with Crippen LogP contribution in [0.3, 0.4) is 0 Å². The fraction of sp³-hybridized carbons (Fsp3) is 0.643. The third-order valence-corrected chi connectivity index (χ3v) is 6.20. The van der Waals surface area contributed by atoms with Crippen molar-refractivity contribution in [1.29, 1.82) is 0 Å². The Morgan fingerprint density at radius 3 is 2.38 bits per heavy atom. The van der Waals surface area contributed by atoms with Crippen molar-refractivity contribution in [2.24, 2.45) is 0 Å². The molecule has 0 N–H and O–H groups in total. The van der Waals surface area contributed by atoms with Crippen molar-refractivity contribution in [3.05, 3.63) is 23.5 Å². The molecule has 2 heterocycles. The molecular weight excluding hydrogens is 310 g/mol. The summed E-state index contributed by atoms with van der Waals surface area (Å²) in [6, 6.07) is 3.51. The maximum Gasteiger partial charge on any atom is 0.244 e. The van der Waals surface area contributed by atoms with E-state index < -0.39 is 10.0 Å². The summed E-state index contributed by atoms with van der Waals surface area (Å²) in [6.45, 7) is 7.43. The van der Waals surface area contributed by atoms with E-state index in [0.717, 1.165) is 25.9 Å². The van der Waals surface area contributed by atoms with Crippen LogP contribution in [-0.2, 0) is 10.0 Å². The van der Waals surface area contributed by atoms with Gasteiger partial charge in [-0.25, -0.2) is 13.4 Å². The summed E-state index contributed by atoms with van der Waals surface area (Å²) in [7, 11) is -3.45. The van der Waals surface area contributed by atoms with E-state index in [2.05, 4.69) is 23.7 Å². The first-order valence-electron chi connectivity index (χ1n) is 7.34. The second kappa shape index (κ2) is 7.05. The van der Waals surface area contributed by atoms with Crippen LogP contribution in [-0.4, -0.2) is 54.8 Å². The van der Waals surface area contributed by atoms with Gasteiger partial charge in [-0.3, -0.25) is 0 Å². The lowest BCUT2D eigenvalue weighted by Gasteiger charge is -2.37. The second-order valence-electron chi connectivity index (χ2n) is 5.17. The number of hydrogen-bond donors (Lipinski definition) is 0. The number of nitrogens with zero attached hydrogens (tertiary/aromatic N) is 3. The van der Waals surface area contributed by atoms with E-state index in [-0.39, 0.29) is 4.90 Å². The fourth-order valence-electron chi connectivity index (χ4n) is 2.85. The molecule has 0 atom stereocenters. The molecule has 118 valence electrons. The molecule has 1 aliphatic rings. The van der Waals surface area contributed by atoms with Gasteiger partial charge in [-0.05, 0) is 38.1 Å². The summed E-state index contributed by atoms with van der Waals surface area (Å²) in [5.74, 6) is 0. The molecule has 0 amide bonds. The topological polar surface area (TPSA) is 53.5 Å². The quantitative estimate of drug-likeness (QED) is 0.776. The molecule has 0 spiro atoms. The Morgan fingerprint density at radius 2 is 1.90 bits per heavy atom. The van der Waals surface area contributed by atoms with Gasteiger partial charge < -0.3 is 4.90 Å². The number of pyridine rings is 1. The molecule has 0 saturated carbocycles. The minimum atomic E-state index is -3.45. The van der Waals surface area contributed by atoms with Crippen LogP contribution in [0, 0.1) is 0 Å². The van der Waals surface area contributed by atoms with Crippen molar-refractivity contribution >= 4 is 21.6 Å². The van der Waals surface area contributed by atoms with Crippen LogP contribution in [0.4, 0.5) is 0 Å². The summed E-state index contributed by atoms with van der Waals surface area (Å²) in [4.78, 5) is 6.47. The van der Waals surface area contributed by atoms with Gasteiger partial charge in [0.25, 0.3) is 0 Å². The van der Waals surface area contributed by atoms with Crippen LogP contribution < -0.4 is 0 Å². The maximum absolute atomic E-state index is 12.5. The molecule has 2 rings (SSSR count). The minimum absolute atomic E-state index is 0.216. The first kappa shape index (κ1) is 16.7. The van der Waals surface area contributed by atoms with Gasteiger partial charge in [0.2, 0.25) is 10.0 Å². The Bertz CT molecular complexity index is 550. The highest BCUT2D eigenvalue weighted by atomic mass is 35.5. The Hall–Kier alpha value is -0.690. The molecule has 0 aliphatic carbocycles. The van der Waals surface area contributed by atoms with Crippen molar-refractivity contribution in [3.63, 3.8) is 0 Å². The number of aromatic nitrogens is 1. The lowest BCUT2D eigenvalue weighted by Crippen LogP contribution is -2.46. The van der Waals surface area contributed by atoms with Crippen LogP contribution in [0.1, 0.15) is 26.7 Å². The van der Waals surface area contributed by atoms with E-state index in [9.17, 15) is 8.42 Å². The maximum atomic E-state index is 12.5. The number of rotatable bonds is 5. The predicted molar refractivity (Wildman–Crippen MR) is 83.9 cm³/mol. The molecular formula is C14H22ClN3O2S. The highest BCUT2D eigenvalue weighted by Crippen LogP contribution is 2.23. The largest absolute Gasteiger partial charge is 0.301 e. The van der Waals surface area contributed by atoms with Crippen molar-refractivity contribution in [2.45, 2.75) is 37.6 Å². The van der Waals surface area contributed by atoms with Gasteiger partial charge in [0, 0.05) is 25.3 Å². The standard InChI is InChI=1S/C14H22ClN3O2S/c1-3-17(4-2)12-7-9-18(10-8-12)21(19,20)13-5-6-14(15)16-11-13/h5-6,11-12H,3-4,7-10H2,1-2H3. The fourth-order valence-corrected chi connectivity index (χ4v) is 4.38. The Balaban J connectivity index is 2.06. The van der Waals surface area contributed by atoms with E-state index in [1.54, 1.807) is 4.31 Å². The number of hydrogen-bond acceptors (Lipinski definition) is 4. The molecule has 0 bridgehead atoms. The lowest BCUT2D eigenvalue weighted by atomic mass is 10.1. The molecule has 5 nitrogen and oxygen atoms in total. The Kier molecular flexibility index (Phi) is 5.60. The van der Waals surface area contributed by atoms with Crippen LogP contribution >= 0.6 is 11.6 Å². The van der Waals surface area contributed by atoms with E-state index in [1.165, 1.54) is 18.3 Å². The van der Waals surface area contributed by atoms with E-state index in [4.69, 9.17) is 11.6 Å². The van der Waals surface area contributed by atoms with Crippen molar-refractivity contribution in [1.82, 2.24) is 14.2 Å². The third-order valence-electron chi connectivity index (χ3n) is 4.09. The smallest absolute Gasteiger partial charge is 0.244 e. The van der Waals surface area contributed by atoms with Crippen molar-refractivity contribution < 1.29 is 8.42 Å². The highest BCUT2D eigenvalue weighted by Gasteiger charge is 2.31. The van der Waals surface area contributed by atoms with Crippen LogP contribution in [0.15, 0.2) is 23.2 Å². The second-order valence-corrected chi connectivity index (χ2v) is 7.50. The summed E-state index contributed by atoms with van der Waals surface area (Å²) >= 11 is 5.71. The molecule has 1 aliphatic heterocycles. The number of piperidine rings is 1. The highest BCUT2D eigenvalue weighted by molar-refractivity contribution is 7.89. The first-order valence-corrected chi connectivity index (χ1v) is 9.16. The third kappa shape index (κ3) is 3.74. The Labute approximate surface area is 132 Å². The first-order chi connectivity index (χ1) is 9.98. The van der Waals surface area contributed by atoms with Crippen LogP contribution in [0.2, 0.25) is 5.15 Å². The molecule has 1 aromatic rings. The average Bonchev–Trinajstić information content (AvgIpc) is 2.49. The molecule has 1 aromatic heterocycles. The molecule has 7 heteroatoms. The zero-order valence-electron chi connectivity index (χ0n) is 12.5. The van der Waals surface area contributed by atoms with Crippen LogP contribution in [0.5, 0.6) is 0 Å². The summed E-state index contributed by atoms with van der Waals surface area (Å²) in [5, 5.41) is 0.300. The minimum Gasteiger partial charge on any atom is -0.301 e. The van der Waals surface area contributed by atoms with Gasteiger partial charge in [-0.15, -0.1) is 0 Å². The van der Waals surface area contributed by atoms with Crippen molar-refractivity contribution in [2.75, 3.05) is 26.2 Å². The van der Waals surface area contributed by atoms with Crippen molar-refractivity contribution in [3.8, 4) is 0 Å². The van der Waals surface area contributed by atoms with Gasteiger partial charge in [0.15, 0.2) is 0 Å².